The third-order valence-electron chi connectivity index (χ3n) is 5.63. The number of sulfonamides is 1. The summed E-state index contributed by atoms with van der Waals surface area (Å²) in [4.78, 5) is 14.8. The Morgan fingerprint density at radius 3 is 2.48 bits per heavy atom. The van der Waals surface area contributed by atoms with E-state index in [-0.39, 0.29) is 23.1 Å². The van der Waals surface area contributed by atoms with Crippen molar-refractivity contribution in [1.29, 1.82) is 0 Å². The van der Waals surface area contributed by atoms with Crippen LogP contribution in [0, 0.1) is 5.41 Å². The second-order valence-electron chi connectivity index (χ2n) is 7.29. The van der Waals surface area contributed by atoms with E-state index in [0.29, 0.717) is 13.1 Å². The second kappa shape index (κ2) is 7.05. The van der Waals surface area contributed by atoms with Gasteiger partial charge in [-0.1, -0.05) is 18.2 Å². The molecule has 6 nitrogen and oxygen atoms in total. The number of nitrogens with zero attached hydrogens (tertiary/aromatic N) is 2. The van der Waals surface area contributed by atoms with Gasteiger partial charge in [0.25, 0.3) is 0 Å². The number of likely N-dealkylation sites (tertiary alicyclic amines) is 1. The predicted octanol–water partition coefficient (Wildman–Crippen LogP) is 1.76. The first-order chi connectivity index (χ1) is 11.9. The Morgan fingerprint density at radius 1 is 1.24 bits per heavy atom. The van der Waals surface area contributed by atoms with Crippen molar-refractivity contribution < 1.29 is 13.2 Å². The molecule has 1 amide bonds. The maximum Gasteiger partial charge on any atom is 0.241 e. The average Bonchev–Trinajstić information content (AvgIpc) is 2.92. The number of carbonyl (C=O) groups is 1. The number of hydrogen-bond donors (Lipinski definition) is 1. The van der Waals surface area contributed by atoms with Crippen LogP contribution in [0.5, 0.6) is 0 Å². The number of likely N-dealkylation sites (N-methyl/N-ethyl adjacent to an activating group) is 1. The van der Waals surface area contributed by atoms with E-state index in [9.17, 15) is 13.2 Å². The van der Waals surface area contributed by atoms with Crippen LogP contribution >= 0.6 is 0 Å². The van der Waals surface area contributed by atoms with Gasteiger partial charge >= 0.3 is 0 Å². The van der Waals surface area contributed by atoms with Crippen molar-refractivity contribution in [3.05, 3.63) is 30.3 Å². The number of carbonyl (C=O) groups excluding carboxylic acids is 1. The molecule has 138 valence electrons. The zero-order chi connectivity index (χ0) is 18.1. The van der Waals surface area contributed by atoms with E-state index in [1.807, 2.05) is 37.4 Å². The van der Waals surface area contributed by atoms with Gasteiger partial charge in [-0.3, -0.25) is 9.69 Å². The number of benzene rings is 1. The fourth-order valence-corrected chi connectivity index (χ4v) is 5.20. The topological polar surface area (TPSA) is 69.7 Å². The van der Waals surface area contributed by atoms with E-state index in [2.05, 4.69) is 10.2 Å². The maximum atomic E-state index is 12.7. The molecule has 1 aromatic carbocycles. The maximum absolute atomic E-state index is 12.7. The lowest BCUT2D eigenvalue weighted by molar-refractivity contribution is -0.120. The first-order valence-corrected chi connectivity index (χ1v) is 10.5. The van der Waals surface area contributed by atoms with Crippen molar-refractivity contribution in [2.24, 2.45) is 5.41 Å². The Labute approximate surface area is 150 Å². The van der Waals surface area contributed by atoms with E-state index >= 15 is 0 Å². The van der Waals surface area contributed by atoms with Crippen LogP contribution in [0.2, 0.25) is 0 Å². The summed E-state index contributed by atoms with van der Waals surface area (Å²) in [7, 11) is -1.13. The van der Waals surface area contributed by atoms with Crippen LogP contribution in [-0.4, -0.2) is 62.0 Å². The highest BCUT2D eigenvalue weighted by Gasteiger charge is 2.47. The largest absolute Gasteiger partial charge is 0.325 e. The van der Waals surface area contributed by atoms with Crippen LogP contribution in [0.15, 0.2) is 30.3 Å². The van der Waals surface area contributed by atoms with Crippen molar-refractivity contribution in [1.82, 2.24) is 9.21 Å². The molecule has 0 aliphatic carbocycles. The molecule has 0 bridgehead atoms. The molecule has 0 radical (unpaired) electrons. The molecular formula is C18H27N3O3S. The van der Waals surface area contributed by atoms with Gasteiger partial charge in [-0.05, 0) is 50.8 Å². The molecule has 1 atom stereocenters. The van der Waals surface area contributed by atoms with E-state index in [4.69, 9.17) is 0 Å². The van der Waals surface area contributed by atoms with Crippen LogP contribution in [0.1, 0.15) is 26.2 Å². The van der Waals surface area contributed by atoms with Crippen LogP contribution in [-0.2, 0) is 14.8 Å². The minimum Gasteiger partial charge on any atom is -0.325 e. The first-order valence-electron chi connectivity index (χ1n) is 8.89. The summed E-state index contributed by atoms with van der Waals surface area (Å²) in [6.07, 6.45) is 2.44. The van der Waals surface area contributed by atoms with E-state index in [1.54, 1.807) is 11.2 Å². The van der Waals surface area contributed by atoms with Crippen LogP contribution in [0.3, 0.4) is 0 Å². The lowest BCUT2D eigenvalue weighted by atomic mass is 9.77. The number of nitrogens with one attached hydrogen (secondary N) is 1. The van der Waals surface area contributed by atoms with Crippen molar-refractivity contribution in [3.8, 4) is 0 Å². The van der Waals surface area contributed by atoms with E-state index in [1.165, 1.54) is 0 Å². The highest BCUT2D eigenvalue weighted by Crippen LogP contribution is 2.43. The molecule has 25 heavy (non-hydrogen) atoms. The highest BCUT2D eigenvalue weighted by atomic mass is 32.2. The smallest absolute Gasteiger partial charge is 0.241 e. The summed E-state index contributed by atoms with van der Waals surface area (Å²) in [5.41, 5.74) is 0.860. The molecule has 7 heteroatoms. The third kappa shape index (κ3) is 3.88. The zero-order valence-corrected chi connectivity index (χ0v) is 15.8. The van der Waals surface area contributed by atoms with Gasteiger partial charge < -0.3 is 5.32 Å². The van der Waals surface area contributed by atoms with Crippen LogP contribution in [0.25, 0.3) is 0 Å². The molecule has 2 aliphatic rings. The van der Waals surface area contributed by atoms with Gasteiger partial charge in [-0.2, -0.15) is 0 Å². The summed E-state index contributed by atoms with van der Waals surface area (Å²) < 4.78 is 25.7. The SMILES string of the molecule is CCS(=O)(=O)N1CCC2(CC1)CC(C(=O)Nc1ccccc1)N(C)C2. The van der Waals surface area contributed by atoms with Crippen molar-refractivity contribution in [2.45, 2.75) is 32.2 Å². The number of amides is 1. The molecule has 2 heterocycles. The number of anilines is 1. The molecule has 1 aromatic rings. The van der Waals surface area contributed by atoms with Crippen LogP contribution < -0.4 is 5.32 Å². The van der Waals surface area contributed by atoms with Gasteiger partial charge in [0.15, 0.2) is 0 Å². The standard InChI is InChI=1S/C18H27N3O3S/c1-3-25(23,24)21-11-9-18(10-12-21)13-16(20(2)14-18)17(22)19-15-7-5-4-6-8-15/h4-8,16H,3,9-14H2,1-2H3,(H,19,22). The van der Waals surface area contributed by atoms with Gasteiger partial charge in [0, 0.05) is 25.3 Å². The van der Waals surface area contributed by atoms with Gasteiger partial charge in [0.2, 0.25) is 15.9 Å². The summed E-state index contributed by atoms with van der Waals surface area (Å²) in [5, 5.41) is 2.99. The third-order valence-corrected chi connectivity index (χ3v) is 7.51. The summed E-state index contributed by atoms with van der Waals surface area (Å²) in [6, 6.07) is 9.34. The van der Waals surface area contributed by atoms with Crippen molar-refractivity contribution in [2.75, 3.05) is 37.8 Å². The Kier molecular flexibility index (Phi) is 5.18. The molecule has 1 spiro atoms. The summed E-state index contributed by atoms with van der Waals surface area (Å²) in [6.45, 7) is 3.67. The van der Waals surface area contributed by atoms with E-state index < -0.39 is 10.0 Å². The fraction of sp³-hybridized carbons (Fsp3) is 0.611. The Bertz CT molecular complexity index is 712. The molecule has 0 aromatic heterocycles. The van der Waals surface area contributed by atoms with Crippen molar-refractivity contribution in [3.63, 3.8) is 0 Å². The Hall–Kier alpha value is -1.44. The molecule has 2 saturated heterocycles. The average molecular weight is 365 g/mol. The minimum atomic E-state index is -3.11. The Balaban J connectivity index is 1.63. The normalized spacial score (nSPS) is 24.5. The first kappa shape index (κ1) is 18.4. The lowest BCUT2D eigenvalue weighted by Crippen LogP contribution is -2.44. The quantitative estimate of drug-likeness (QED) is 0.883. The second-order valence-corrected chi connectivity index (χ2v) is 9.55. The zero-order valence-electron chi connectivity index (χ0n) is 14.9. The molecule has 1 N–H and O–H groups in total. The monoisotopic (exact) mass is 365 g/mol. The molecule has 2 aliphatic heterocycles. The number of rotatable bonds is 4. The lowest BCUT2D eigenvalue weighted by Gasteiger charge is -2.38. The van der Waals surface area contributed by atoms with Crippen molar-refractivity contribution >= 4 is 21.6 Å². The fourth-order valence-electron chi connectivity index (χ4n) is 4.09. The molecule has 3 rings (SSSR count). The summed E-state index contributed by atoms with van der Waals surface area (Å²) in [5.74, 6) is 0.177. The van der Waals surface area contributed by atoms with Crippen LogP contribution in [0.4, 0.5) is 5.69 Å². The number of hydrogen-bond acceptors (Lipinski definition) is 4. The molecule has 0 saturated carbocycles. The molecular weight excluding hydrogens is 338 g/mol. The number of para-hydroxylation sites is 1. The molecule has 1 unspecified atom stereocenters. The van der Waals surface area contributed by atoms with E-state index in [0.717, 1.165) is 31.5 Å². The summed E-state index contributed by atoms with van der Waals surface area (Å²) >= 11 is 0. The number of piperidine rings is 1. The minimum absolute atomic E-state index is 0.0224. The predicted molar refractivity (Wildman–Crippen MR) is 98.8 cm³/mol. The molecule has 2 fully saturated rings. The van der Waals surface area contributed by atoms with Gasteiger partial charge in [0.05, 0.1) is 11.8 Å². The van der Waals surface area contributed by atoms with Gasteiger partial charge in [-0.15, -0.1) is 0 Å². The Morgan fingerprint density at radius 2 is 1.88 bits per heavy atom. The van der Waals surface area contributed by atoms with Gasteiger partial charge in [0.1, 0.15) is 0 Å². The van der Waals surface area contributed by atoms with Gasteiger partial charge in [-0.25, -0.2) is 12.7 Å². The highest BCUT2D eigenvalue weighted by molar-refractivity contribution is 7.89.